The van der Waals surface area contributed by atoms with E-state index in [4.69, 9.17) is 18.9 Å². The van der Waals surface area contributed by atoms with Gasteiger partial charge in [0, 0.05) is 78.9 Å². The maximum absolute atomic E-state index is 12.6. The molecule has 2 heterocycles. The van der Waals surface area contributed by atoms with Gasteiger partial charge in [-0.15, -0.1) is 22.7 Å². The van der Waals surface area contributed by atoms with Crippen LogP contribution in [-0.4, -0.2) is 63.2 Å². The van der Waals surface area contributed by atoms with E-state index in [2.05, 4.69) is 83.8 Å². The molecule has 0 aliphatic carbocycles. The quantitative estimate of drug-likeness (QED) is 0.0387. The number of nitrogens with one attached hydrogen (secondary N) is 2. The first-order chi connectivity index (χ1) is 31.8. The zero-order chi connectivity index (χ0) is 47.6. The molecule has 0 saturated carbocycles. The Morgan fingerprint density at radius 1 is 0.500 bits per heavy atom. The van der Waals surface area contributed by atoms with Gasteiger partial charge >= 0.3 is 0 Å². The first-order valence-electron chi connectivity index (χ1n) is 22.0. The lowest BCUT2D eigenvalue weighted by Gasteiger charge is -2.10. The number of carbonyl (C=O) groups excluding carboxylic acids is 4. The molecule has 66 heavy (non-hydrogen) atoms. The van der Waals surface area contributed by atoms with E-state index in [0.29, 0.717) is 46.0 Å². The van der Waals surface area contributed by atoms with E-state index < -0.39 is 0 Å². The van der Waals surface area contributed by atoms with Crippen LogP contribution in [0.4, 0.5) is 0 Å². The van der Waals surface area contributed by atoms with E-state index in [1.165, 1.54) is 23.6 Å². The van der Waals surface area contributed by atoms with Crippen molar-refractivity contribution in [2.24, 2.45) is 22.0 Å². The van der Waals surface area contributed by atoms with Gasteiger partial charge in [-0.05, 0) is 86.1 Å². The maximum atomic E-state index is 12.6. The zero-order valence-corrected chi connectivity index (χ0v) is 40.7. The molecule has 6 aromatic rings. The highest BCUT2D eigenvalue weighted by Gasteiger charge is 2.17. The van der Waals surface area contributed by atoms with E-state index in [1.54, 1.807) is 73.3 Å². The van der Waals surface area contributed by atoms with Gasteiger partial charge in [-0.2, -0.15) is 10.2 Å². The number of rotatable bonds is 22. The molecule has 2 amide bonds. The Kier molecular flexibility index (Phi) is 19.4. The van der Waals surface area contributed by atoms with Gasteiger partial charge in [0.25, 0.3) is 0 Å². The number of methoxy groups -OCH3 is 4. The predicted octanol–water partition coefficient (Wildman–Crippen LogP) is 11.7. The largest absolute Gasteiger partial charge is 0.493 e. The van der Waals surface area contributed by atoms with Crippen molar-refractivity contribution in [3.63, 3.8) is 0 Å². The topological polar surface area (TPSA) is 154 Å². The van der Waals surface area contributed by atoms with Crippen LogP contribution < -0.4 is 29.8 Å². The van der Waals surface area contributed by atoms with Crippen LogP contribution in [-0.2, 0) is 9.59 Å². The molecule has 0 unspecified atom stereocenters. The highest BCUT2D eigenvalue weighted by molar-refractivity contribution is 7.18. The molecular weight excluding hydrogens is 873 g/mol. The fourth-order valence-corrected chi connectivity index (χ4v) is 8.83. The molecule has 14 heteroatoms. The Balaban J connectivity index is 0.000000247. The number of fused-ring (bicyclic) bond motifs is 2. The summed E-state index contributed by atoms with van der Waals surface area (Å²) in [6, 6.07) is 26.4. The van der Waals surface area contributed by atoms with Gasteiger partial charge in [0.05, 0.1) is 39.9 Å². The molecule has 2 N–H and O–H groups in total. The second-order valence-electron chi connectivity index (χ2n) is 16.3. The van der Waals surface area contributed by atoms with Crippen LogP contribution in [0.2, 0.25) is 0 Å². The Labute approximate surface area is 395 Å². The Bertz CT molecular complexity index is 2480. The number of ether oxygens (including phenoxy) is 4. The van der Waals surface area contributed by atoms with Crippen molar-refractivity contribution in [1.82, 2.24) is 10.9 Å². The number of Topliss-reactive ketones (excluding diaryl/α,β-unsaturated/α-hetero) is 2. The smallest absolute Gasteiger partial charge is 0.240 e. The van der Waals surface area contributed by atoms with Crippen molar-refractivity contribution < 1.29 is 38.1 Å². The van der Waals surface area contributed by atoms with Crippen LogP contribution in [0.5, 0.6) is 23.0 Å². The molecule has 0 aliphatic rings. The second-order valence-corrected chi connectivity index (χ2v) is 18.2. The molecular formula is C52H60N4O8S2. The van der Waals surface area contributed by atoms with Crippen molar-refractivity contribution >= 4 is 77.7 Å². The lowest BCUT2D eigenvalue weighted by Crippen LogP contribution is -2.21. The molecule has 348 valence electrons. The summed E-state index contributed by atoms with van der Waals surface area (Å²) in [5.41, 5.74) is 10.1. The van der Waals surface area contributed by atoms with E-state index in [0.717, 1.165) is 59.0 Å². The maximum Gasteiger partial charge on any atom is 0.240 e. The summed E-state index contributed by atoms with van der Waals surface area (Å²) in [5, 5.41) is 15.4. The fraction of sp³-hybridized carbons (Fsp3) is 0.346. The number of benzene rings is 4. The minimum absolute atomic E-state index is 0.0541. The number of carbonyl (C=O) groups is 4. The normalized spacial score (nSPS) is 11.6. The lowest BCUT2D eigenvalue weighted by atomic mass is 10.0. The van der Waals surface area contributed by atoms with Crippen LogP contribution in [0.1, 0.15) is 111 Å². The number of ketones is 2. The van der Waals surface area contributed by atoms with Crippen molar-refractivity contribution in [2.75, 3.05) is 28.4 Å². The number of nitrogens with zero attached hydrogens (tertiary/aromatic N) is 2. The van der Waals surface area contributed by atoms with Gasteiger partial charge in [0.2, 0.25) is 11.8 Å². The fourth-order valence-electron chi connectivity index (χ4n) is 6.89. The van der Waals surface area contributed by atoms with Gasteiger partial charge in [0.15, 0.2) is 34.6 Å². The first-order valence-corrected chi connectivity index (χ1v) is 23.8. The third-order valence-corrected chi connectivity index (χ3v) is 12.6. The van der Waals surface area contributed by atoms with Gasteiger partial charge < -0.3 is 18.9 Å². The van der Waals surface area contributed by atoms with Crippen LogP contribution in [0, 0.1) is 11.8 Å². The van der Waals surface area contributed by atoms with Gasteiger partial charge in [0.1, 0.15) is 0 Å². The predicted molar refractivity (Wildman–Crippen MR) is 267 cm³/mol. The van der Waals surface area contributed by atoms with Crippen LogP contribution in [0.15, 0.2) is 106 Å². The monoisotopic (exact) mass is 932 g/mol. The number of hydrogen-bond acceptors (Lipinski definition) is 12. The molecule has 0 aliphatic heterocycles. The van der Waals surface area contributed by atoms with Crippen LogP contribution in [0.3, 0.4) is 0 Å². The first kappa shape index (κ1) is 50.6. The molecule has 0 bridgehead atoms. The second kappa shape index (κ2) is 25.4. The minimum Gasteiger partial charge on any atom is -0.493 e. The standard InChI is InChI=1S/2C26H30N2O4S/c2*1-17(2)9-11-21(20-16-33-25-8-6-5-7-19(20)25)27-28-26(30)14-12-22(29)18-10-13-23(31-3)24(15-18)32-4/h2*5-8,10,13,15-17H,9,11-12,14H2,1-4H3,(H,28,30)/b27-21+;27-21-. The Hall–Kier alpha value is -6.38. The van der Waals surface area contributed by atoms with Crippen molar-refractivity contribution in [1.29, 1.82) is 0 Å². The lowest BCUT2D eigenvalue weighted by molar-refractivity contribution is -0.121. The van der Waals surface area contributed by atoms with Gasteiger partial charge in [-0.1, -0.05) is 64.1 Å². The number of hydrazone groups is 2. The van der Waals surface area contributed by atoms with Crippen LogP contribution in [0.25, 0.3) is 20.2 Å². The van der Waals surface area contributed by atoms with E-state index in [9.17, 15) is 19.2 Å². The molecule has 0 radical (unpaired) electrons. The molecule has 0 fully saturated rings. The molecule has 0 saturated heterocycles. The number of thiophene rings is 2. The summed E-state index contributed by atoms with van der Waals surface area (Å²) in [6.45, 7) is 8.67. The van der Waals surface area contributed by atoms with Crippen LogP contribution >= 0.6 is 22.7 Å². The van der Waals surface area contributed by atoms with E-state index in [-0.39, 0.29) is 49.1 Å². The summed E-state index contributed by atoms with van der Waals surface area (Å²) >= 11 is 3.34. The minimum atomic E-state index is -0.287. The summed E-state index contributed by atoms with van der Waals surface area (Å²) in [7, 11) is 6.12. The third-order valence-electron chi connectivity index (χ3n) is 10.7. The van der Waals surface area contributed by atoms with Crippen molar-refractivity contribution in [3.05, 3.63) is 118 Å². The van der Waals surface area contributed by atoms with E-state index >= 15 is 0 Å². The van der Waals surface area contributed by atoms with Gasteiger partial charge in [-0.3, -0.25) is 19.2 Å². The Morgan fingerprint density at radius 2 is 0.879 bits per heavy atom. The summed E-state index contributed by atoms with van der Waals surface area (Å²) in [4.78, 5) is 50.0. The third kappa shape index (κ3) is 14.3. The van der Waals surface area contributed by atoms with Gasteiger partial charge in [-0.25, -0.2) is 10.9 Å². The van der Waals surface area contributed by atoms with Crippen molar-refractivity contribution in [3.8, 4) is 23.0 Å². The highest BCUT2D eigenvalue weighted by Crippen LogP contribution is 2.31. The molecule has 4 aromatic carbocycles. The number of amides is 2. The van der Waals surface area contributed by atoms with Crippen molar-refractivity contribution in [2.45, 2.75) is 79.1 Å². The average molecular weight is 933 g/mol. The molecule has 0 spiro atoms. The summed E-state index contributed by atoms with van der Waals surface area (Å²) in [5.74, 6) is 2.26. The average Bonchev–Trinajstić information content (AvgIpc) is 3.97. The zero-order valence-electron chi connectivity index (χ0n) is 39.0. The molecule has 2 aromatic heterocycles. The summed E-state index contributed by atoms with van der Waals surface area (Å²) in [6.07, 6.45) is 3.75. The molecule has 12 nitrogen and oxygen atoms in total. The highest BCUT2D eigenvalue weighted by atomic mass is 32.1. The molecule has 0 atom stereocenters. The number of hydrogen-bond donors (Lipinski definition) is 2. The molecule has 6 rings (SSSR count). The SMILES string of the molecule is COc1ccc(C(=O)CCC(=O)N/N=C(/CCC(C)C)c2csc3ccccc23)cc1OC.COc1ccc(C(=O)CCC(=O)N/N=C(\CCC(C)C)c2csc3ccccc23)cc1OC. The van der Waals surface area contributed by atoms with E-state index in [1.807, 2.05) is 24.3 Å². The summed E-state index contributed by atoms with van der Waals surface area (Å²) < 4.78 is 23.3. The Morgan fingerprint density at radius 3 is 1.24 bits per heavy atom.